The van der Waals surface area contributed by atoms with Crippen LogP contribution in [0.25, 0.3) is 10.2 Å². The van der Waals surface area contributed by atoms with Gasteiger partial charge in [-0.15, -0.1) is 0 Å². The summed E-state index contributed by atoms with van der Waals surface area (Å²) in [4.78, 5) is 16.1. The summed E-state index contributed by atoms with van der Waals surface area (Å²) in [7, 11) is 1.64. The second-order valence-electron chi connectivity index (χ2n) is 4.92. The number of nitrogens with zero attached hydrogens (tertiary/aromatic N) is 1. The Morgan fingerprint density at radius 1 is 1.47 bits per heavy atom. The molecule has 2 rings (SSSR count). The number of thiazole rings is 1. The molecule has 0 atom stereocenters. The number of benzene rings is 1. The maximum atomic E-state index is 11.7. The number of rotatable bonds is 4. The third-order valence-electron chi connectivity index (χ3n) is 2.89. The van der Waals surface area contributed by atoms with Gasteiger partial charge in [0.1, 0.15) is 0 Å². The molecule has 1 aromatic heterocycles. The summed E-state index contributed by atoms with van der Waals surface area (Å²) in [5.41, 5.74) is 0.383. The third kappa shape index (κ3) is 2.98. The second-order valence-corrected chi connectivity index (χ2v) is 6.33. The van der Waals surface area contributed by atoms with Gasteiger partial charge in [0.2, 0.25) is 5.91 Å². The summed E-state index contributed by atoms with van der Waals surface area (Å²) in [6, 6.07) is 5.65. The van der Waals surface area contributed by atoms with E-state index in [2.05, 4.69) is 15.6 Å². The number of hydrogen-bond donors (Lipinski definition) is 2. The third-order valence-corrected chi connectivity index (χ3v) is 4.38. The van der Waals surface area contributed by atoms with Crippen molar-refractivity contribution in [2.75, 3.05) is 18.9 Å². The molecule has 0 saturated carbocycles. The number of carbonyl (C=O) groups is 1. The van der Waals surface area contributed by atoms with Gasteiger partial charge in [-0.3, -0.25) is 4.79 Å². The molecule has 1 heterocycles. The van der Waals surface area contributed by atoms with Gasteiger partial charge in [-0.05, 0) is 26.0 Å². The lowest BCUT2D eigenvalue weighted by molar-refractivity contribution is -0.128. The van der Waals surface area contributed by atoms with Gasteiger partial charge in [-0.2, -0.15) is 0 Å². The molecule has 0 aliphatic rings. The van der Waals surface area contributed by atoms with Crippen molar-refractivity contribution in [3.05, 3.63) is 23.2 Å². The fraction of sp³-hybridized carbons (Fsp3) is 0.385. The van der Waals surface area contributed by atoms with E-state index in [0.29, 0.717) is 11.6 Å². The van der Waals surface area contributed by atoms with E-state index >= 15 is 0 Å². The van der Waals surface area contributed by atoms with Crippen LogP contribution < -0.4 is 10.6 Å². The SMILES string of the molecule is CNC(=O)C(C)(C)CNc1nc2cccc(Cl)c2s1. The van der Waals surface area contributed by atoms with Gasteiger partial charge in [0.15, 0.2) is 5.13 Å². The molecule has 0 spiro atoms. The van der Waals surface area contributed by atoms with Gasteiger partial charge in [0.25, 0.3) is 0 Å². The van der Waals surface area contributed by atoms with Crippen molar-refractivity contribution in [2.24, 2.45) is 5.41 Å². The zero-order valence-corrected chi connectivity index (χ0v) is 12.7. The molecule has 2 aromatic rings. The predicted octanol–water partition coefficient (Wildman–Crippen LogP) is 3.13. The highest BCUT2D eigenvalue weighted by atomic mass is 35.5. The minimum atomic E-state index is -0.490. The van der Waals surface area contributed by atoms with Crippen LogP contribution in [0.15, 0.2) is 18.2 Å². The van der Waals surface area contributed by atoms with Crippen LogP contribution in [0.1, 0.15) is 13.8 Å². The van der Waals surface area contributed by atoms with E-state index in [1.807, 2.05) is 32.0 Å². The molecule has 0 bridgehead atoms. The normalized spacial score (nSPS) is 11.6. The van der Waals surface area contributed by atoms with Gasteiger partial charge >= 0.3 is 0 Å². The average molecular weight is 298 g/mol. The first-order valence-corrected chi connectivity index (χ1v) is 7.14. The monoisotopic (exact) mass is 297 g/mol. The minimum absolute atomic E-state index is 0.000793. The second kappa shape index (κ2) is 5.35. The van der Waals surface area contributed by atoms with Crippen LogP contribution >= 0.6 is 22.9 Å². The highest BCUT2D eigenvalue weighted by molar-refractivity contribution is 7.22. The van der Waals surface area contributed by atoms with Crippen molar-refractivity contribution in [2.45, 2.75) is 13.8 Å². The highest BCUT2D eigenvalue weighted by Crippen LogP contribution is 2.32. The Hall–Kier alpha value is -1.33. The Kier molecular flexibility index (Phi) is 3.96. The quantitative estimate of drug-likeness (QED) is 0.911. The molecular formula is C13H16ClN3OS. The van der Waals surface area contributed by atoms with Crippen LogP contribution in [0.3, 0.4) is 0 Å². The zero-order chi connectivity index (χ0) is 14.0. The Labute approximate surface area is 121 Å². The first kappa shape index (κ1) is 14.1. The van der Waals surface area contributed by atoms with Crippen molar-refractivity contribution in [3.63, 3.8) is 0 Å². The predicted molar refractivity (Wildman–Crippen MR) is 81.0 cm³/mol. The van der Waals surface area contributed by atoms with Crippen LogP contribution in [0.5, 0.6) is 0 Å². The van der Waals surface area contributed by atoms with Gasteiger partial charge in [0, 0.05) is 13.6 Å². The van der Waals surface area contributed by atoms with Crippen LogP contribution in [-0.2, 0) is 4.79 Å². The minimum Gasteiger partial charge on any atom is -0.360 e. The van der Waals surface area contributed by atoms with Gasteiger partial charge in [-0.1, -0.05) is 29.0 Å². The van der Waals surface area contributed by atoms with E-state index in [1.54, 1.807) is 7.05 Å². The summed E-state index contributed by atoms with van der Waals surface area (Å²) < 4.78 is 0.962. The van der Waals surface area contributed by atoms with Gasteiger partial charge in [-0.25, -0.2) is 4.98 Å². The van der Waals surface area contributed by atoms with E-state index < -0.39 is 5.41 Å². The molecular weight excluding hydrogens is 282 g/mol. The summed E-state index contributed by atoms with van der Waals surface area (Å²) in [6.45, 7) is 4.29. The lowest BCUT2D eigenvalue weighted by Gasteiger charge is -2.22. The Morgan fingerprint density at radius 2 is 2.21 bits per heavy atom. The number of hydrogen-bond acceptors (Lipinski definition) is 4. The topological polar surface area (TPSA) is 54.0 Å². The number of carbonyl (C=O) groups excluding carboxylic acids is 1. The van der Waals surface area contributed by atoms with Gasteiger partial charge < -0.3 is 10.6 Å². The van der Waals surface area contributed by atoms with Crippen molar-refractivity contribution < 1.29 is 4.79 Å². The molecule has 19 heavy (non-hydrogen) atoms. The van der Waals surface area contributed by atoms with E-state index in [0.717, 1.165) is 15.3 Å². The number of aromatic nitrogens is 1. The fourth-order valence-electron chi connectivity index (χ4n) is 1.71. The Bertz CT molecular complexity index is 609. The van der Waals surface area contributed by atoms with Crippen LogP contribution in [0.4, 0.5) is 5.13 Å². The van der Waals surface area contributed by atoms with Gasteiger partial charge in [0.05, 0.1) is 20.7 Å². The molecule has 0 fully saturated rings. The summed E-state index contributed by atoms with van der Waals surface area (Å²) in [5.74, 6) is -0.000793. The molecule has 0 saturated heterocycles. The largest absolute Gasteiger partial charge is 0.360 e. The molecule has 102 valence electrons. The molecule has 1 amide bonds. The summed E-state index contributed by atoms with van der Waals surface area (Å²) >= 11 is 7.61. The maximum absolute atomic E-state index is 11.7. The molecule has 2 N–H and O–H groups in total. The fourth-order valence-corrected chi connectivity index (χ4v) is 2.86. The number of nitrogens with one attached hydrogen (secondary N) is 2. The van der Waals surface area contributed by atoms with E-state index in [1.165, 1.54) is 11.3 Å². The highest BCUT2D eigenvalue weighted by Gasteiger charge is 2.26. The Balaban J connectivity index is 2.14. The molecule has 0 aliphatic carbocycles. The van der Waals surface area contributed by atoms with Crippen molar-refractivity contribution >= 4 is 44.2 Å². The zero-order valence-electron chi connectivity index (χ0n) is 11.1. The average Bonchev–Trinajstić information content (AvgIpc) is 2.80. The van der Waals surface area contributed by atoms with Crippen LogP contribution in [0, 0.1) is 5.41 Å². The summed E-state index contributed by atoms with van der Waals surface area (Å²) in [6.07, 6.45) is 0. The lowest BCUT2D eigenvalue weighted by atomic mass is 9.92. The first-order valence-electron chi connectivity index (χ1n) is 5.95. The molecule has 0 aliphatic heterocycles. The number of halogens is 1. The van der Waals surface area contributed by atoms with Crippen molar-refractivity contribution in [3.8, 4) is 0 Å². The number of anilines is 1. The van der Waals surface area contributed by atoms with E-state index in [-0.39, 0.29) is 5.91 Å². The van der Waals surface area contributed by atoms with Crippen LogP contribution in [-0.4, -0.2) is 24.5 Å². The molecule has 0 unspecified atom stereocenters. The van der Waals surface area contributed by atoms with Crippen molar-refractivity contribution in [1.82, 2.24) is 10.3 Å². The molecule has 4 nitrogen and oxygen atoms in total. The Morgan fingerprint density at radius 3 is 2.84 bits per heavy atom. The molecule has 1 aromatic carbocycles. The maximum Gasteiger partial charge on any atom is 0.227 e. The molecule has 6 heteroatoms. The number of fused-ring (bicyclic) bond motifs is 1. The lowest BCUT2D eigenvalue weighted by Crippen LogP contribution is -2.39. The van der Waals surface area contributed by atoms with E-state index in [9.17, 15) is 4.79 Å². The number of amides is 1. The molecule has 0 radical (unpaired) electrons. The first-order chi connectivity index (χ1) is 8.94. The standard InChI is InChI=1S/C13H16ClN3OS/c1-13(2,11(18)15-3)7-16-12-17-9-6-4-5-8(14)10(9)19-12/h4-6H,7H2,1-3H3,(H,15,18)(H,16,17). The van der Waals surface area contributed by atoms with Crippen molar-refractivity contribution in [1.29, 1.82) is 0 Å². The smallest absolute Gasteiger partial charge is 0.227 e. The van der Waals surface area contributed by atoms with Crippen LogP contribution in [0.2, 0.25) is 5.02 Å². The van der Waals surface area contributed by atoms with E-state index in [4.69, 9.17) is 11.6 Å². The summed E-state index contributed by atoms with van der Waals surface area (Å²) in [5, 5.41) is 7.35.